The summed E-state index contributed by atoms with van der Waals surface area (Å²) in [5.41, 5.74) is -1.87. The van der Waals surface area contributed by atoms with Crippen LogP contribution < -0.4 is 5.32 Å². The highest BCUT2D eigenvalue weighted by molar-refractivity contribution is 8.01. The molecule has 2 N–H and O–H groups in total. The SMILES string of the molecule is O=C(O)CSc1nnc(NC2(C(F)(F)F)CC2)s1. The predicted octanol–water partition coefficient (Wildman–Crippen LogP) is 2.22. The summed E-state index contributed by atoms with van der Waals surface area (Å²) in [7, 11) is 0. The van der Waals surface area contributed by atoms with Crippen LogP contribution in [0, 0.1) is 0 Å². The molecule has 100 valence electrons. The molecular weight excluding hydrogens is 291 g/mol. The third-order valence-corrected chi connectivity index (χ3v) is 4.32. The average Bonchev–Trinajstić information content (AvgIpc) is 2.88. The van der Waals surface area contributed by atoms with Crippen molar-refractivity contribution < 1.29 is 23.1 Å². The summed E-state index contributed by atoms with van der Waals surface area (Å²) >= 11 is 1.85. The molecule has 0 bridgehead atoms. The van der Waals surface area contributed by atoms with Crippen LogP contribution in [0.25, 0.3) is 0 Å². The molecule has 0 spiro atoms. The Bertz CT molecular complexity index is 459. The van der Waals surface area contributed by atoms with E-state index in [4.69, 9.17) is 5.11 Å². The van der Waals surface area contributed by atoms with Gasteiger partial charge in [-0.1, -0.05) is 23.1 Å². The summed E-state index contributed by atoms with van der Waals surface area (Å²) in [6, 6.07) is 0. The average molecular weight is 299 g/mol. The zero-order valence-corrected chi connectivity index (χ0v) is 10.5. The third kappa shape index (κ3) is 2.86. The second-order valence-electron chi connectivity index (χ2n) is 3.76. The summed E-state index contributed by atoms with van der Waals surface area (Å²) in [5, 5.41) is 18.1. The fraction of sp³-hybridized carbons (Fsp3) is 0.625. The van der Waals surface area contributed by atoms with Crippen LogP contribution in [-0.2, 0) is 4.79 Å². The van der Waals surface area contributed by atoms with Gasteiger partial charge in [0.2, 0.25) is 5.13 Å². The van der Waals surface area contributed by atoms with Gasteiger partial charge in [0.1, 0.15) is 5.54 Å². The van der Waals surface area contributed by atoms with Crippen molar-refractivity contribution in [3.63, 3.8) is 0 Å². The van der Waals surface area contributed by atoms with Gasteiger partial charge in [-0.2, -0.15) is 13.2 Å². The minimum Gasteiger partial charge on any atom is -0.481 e. The van der Waals surface area contributed by atoms with Crippen LogP contribution in [0.4, 0.5) is 18.3 Å². The van der Waals surface area contributed by atoms with Crippen LogP contribution in [-0.4, -0.2) is 38.7 Å². The Labute approximate surface area is 108 Å². The van der Waals surface area contributed by atoms with Crippen LogP contribution >= 0.6 is 23.1 Å². The van der Waals surface area contributed by atoms with Gasteiger partial charge in [0.05, 0.1) is 5.75 Å². The lowest BCUT2D eigenvalue weighted by Gasteiger charge is -2.19. The number of anilines is 1. The van der Waals surface area contributed by atoms with Crippen molar-refractivity contribution >= 4 is 34.2 Å². The molecule has 0 radical (unpaired) electrons. The molecule has 0 atom stereocenters. The van der Waals surface area contributed by atoms with Crippen LogP contribution in [0.3, 0.4) is 0 Å². The number of nitrogens with one attached hydrogen (secondary N) is 1. The Morgan fingerprint density at radius 2 is 2.17 bits per heavy atom. The Morgan fingerprint density at radius 1 is 1.50 bits per heavy atom. The Hall–Kier alpha value is -1.03. The zero-order chi connectivity index (χ0) is 13.4. The number of aliphatic carboxylic acids is 1. The summed E-state index contributed by atoms with van der Waals surface area (Å²) in [6.45, 7) is 0. The smallest absolute Gasteiger partial charge is 0.411 e. The summed E-state index contributed by atoms with van der Waals surface area (Å²) < 4.78 is 38.3. The number of hydrogen-bond acceptors (Lipinski definition) is 6. The molecule has 1 fully saturated rings. The van der Waals surface area contributed by atoms with E-state index in [1.54, 1.807) is 0 Å². The molecule has 1 aromatic heterocycles. The molecule has 0 saturated heterocycles. The standard InChI is InChI=1S/C8H8F3N3O2S2/c9-8(10,11)7(1-2-7)12-5-13-14-6(18-5)17-3-4(15)16/h1-3H2,(H,12,13)(H,15,16). The molecule has 5 nitrogen and oxygen atoms in total. The van der Waals surface area contributed by atoms with Gasteiger partial charge in [-0.25, -0.2) is 0 Å². The van der Waals surface area contributed by atoms with Gasteiger partial charge in [0, 0.05) is 0 Å². The van der Waals surface area contributed by atoms with Gasteiger partial charge < -0.3 is 10.4 Å². The van der Waals surface area contributed by atoms with E-state index in [9.17, 15) is 18.0 Å². The molecule has 0 amide bonds. The number of carbonyl (C=O) groups is 1. The number of nitrogens with zero attached hydrogens (tertiary/aromatic N) is 2. The first kappa shape index (κ1) is 13.4. The molecule has 18 heavy (non-hydrogen) atoms. The molecule has 0 aliphatic heterocycles. The number of aromatic nitrogens is 2. The molecule has 1 heterocycles. The molecule has 10 heteroatoms. The van der Waals surface area contributed by atoms with Crippen molar-refractivity contribution in [3.05, 3.63) is 0 Å². The second-order valence-corrected chi connectivity index (χ2v) is 5.96. The molecule has 1 aliphatic carbocycles. The number of alkyl halides is 3. The first-order chi connectivity index (χ1) is 8.32. The van der Waals surface area contributed by atoms with Gasteiger partial charge in [-0.05, 0) is 12.8 Å². The van der Waals surface area contributed by atoms with Gasteiger partial charge in [0.15, 0.2) is 4.34 Å². The zero-order valence-electron chi connectivity index (χ0n) is 8.82. The Kier molecular flexibility index (Phi) is 3.41. The monoisotopic (exact) mass is 299 g/mol. The van der Waals surface area contributed by atoms with Crippen molar-refractivity contribution in [1.82, 2.24) is 10.2 Å². The number of halogens is 3. The number of carboxylic acid groups (broad SMARTS) is 1. The number of carboxylic acids is 1. The van der Waals surface area contributed by atoms with Crippen molar-refractivity contribution in [2.24, 2.45) is 0 Å². The highest BCUT2D eigenvalue weighted by Gasteiger charge is 2.64. The molecule has 0 unspecified atom stereocenters. The highest BCUT2D eigenvalue weighted by atomic mass is 32.2. The molecule has 0 aromatic carbocycles. The van der Waals surface area contributed by atoms with Gasteiger partial charge >= 0.3 is 12.1 Å². The summed E-state index contributed by atoms with van der Waals surface area (Å²) in [5.74, 6) is -1.21. The maximum atomic E-state index is 12.7. The van der Waals surface area contributed by atoms with E-state index in [-0.39, 0.29) is 23.7 Å². The molecular formula is C8H8F3N3O2S2. The summed E-state index contributed by atoms with van der Waals surface area (Å²) in [6.07, 6.45) is -4.27. The van der Waals surface area contributed by atoms with Gasteiger partial charge in [-0.15, -0.1) is 10.2 Å². The van der Waals surface area contributed by atoms with Crippen molar-refractivity contribution in [2.75, 3.05) is 11.1 Å². The van der Waals surface area contributed by atoms with E-state index in [1.165, 1.54) is 0 Å². The number of rotatable bonds is 5. The number of hydrogen-bond donors (Lipinski definition) is 2. The first-order valence-corrected chi connectivity index (χ1v) is 6.66. The first-order valence-electron chi connectivity index (χ1n) is 4.85. The predicted molar refractivity (Wildman–Crippen MR) is 59.9 cm³/mol. The minimum atomic E-state index is -4.31. The van der Waals surface area contributed by atoms with E-state index in [0.29, 0.717) is 4.34 Å². The second kappa shape index (κ2) is 4.57. The maximum absolute atomic E-state index is 12.7. The lowest BCUT2D eigenvalue weighted by Crippen LogP contribution is -2.38. The lowest BCUT2D eigenvalue weighted by molar-refractivity contribution is -0.151. The van der Waals surface area contributed by atoms with Crippen LogP contribution in [0.15, 0.2) is 4.34 Å². The van der Waals surface area contributed by atoms with E-state index < -0.39 is 17.7 Å². The summed E-state index contributed by atoms with van der Waals surface area (Å²) in [4.78, 5) is 10.3. The van der Waals surface area contributed by atoms with Crippen LogP contribution in [0.1, 0.15) is 12.8 Å². The van der Waals surface area contributed by atoms with Crippen molar-refractivity contribution in [1.29, 1.82) is 0 Å². The molecule has 1 aromatic rings. The third-order valence-electron chi connectivity index (χ3n) is 2.36. The molecule has 1 aliphatic rings. The maximum Gasteiger partial charge on any atom is 0.411 e. The topological polar surface area (TPSA) is 75.1 Å². The fourth-order valence-corrected chi connectivity index (χ4v) is 2.82. The van der Waals surface area contributed by atoms with Crippen LogP contribution in [0.5, 0.6) is 0 Å². The van der Waals surface area contributed by atoms with E-state index in [2.05, 4.69) is 15.5 Å². The van der Waals surface area contributed by atoms with E-state index in [1.807, 2.05) is 0 Å². The van der Waals surface area contributed by atoms with Gasteiger partial charge in [0.25, 0.3) is 0 Å². The quantitative estimate of drug-likeness (QED) is 0.812. The molecule has 1 saturated carbocycles. The van der Waals surface area contributed by atoms with E-state index >= 15 is 0 Å². The molecule has 2 rings (SSSR count). The highest BCUT2D eigenvalue weighted by Crippen LogP contribution is 2.51. The normalized spacial score (nSPS) is 17.5. The van der Waals surface area contributed by atoms with Crippen molar-refractivity contribution in [3.8, 4) is 0 Å². The largest absolute Gasteiger partial charge is 0.481 e. The van der Waals surface area contributed by atoms with E-state index in [0.717, 1.165) is 23.1 Å². The number of thioether (sulfide) groups is 1. The fourth-order valence-electron chi connectivity index (χ4n) is 1.25. The van der Waals surface area contributed by atoms with Gasteiger partial charge in [-0.3, -0.25) is 4.79 Å². The Balaban J connectivity index is 1.97. The van der Waals surface area contributed by atoms with Crippen LogP contribution in [0.2, 0.25) is 0 Å². The van der Waals surface area contributed by atoms with Crippen molar-refractivity contribution in [2.45, 2.75) is 28.9 Å². The lowest BCUT2D eigenvalue weighted by atomic mass is 10.3. The Morgan fingerprint density at radius 3 is 2.67 bits per heavy atom. The minimum absolute atomic E-state index is 0.0215.